The monoisotopic (exact) mass is 988 g/mol. The summed E-state index contributed by atoms with van der Waals surface area (Å²) in [6.45, 7) is -5.80. The van der Waals surface area contributed by atoms with Gasteiger partial charge in [0.25, 0.3) is 0 Å². The highest BCUT2D eigenvalue weighted by Crippen LogP contribution is 2.91. The molecular weight excluding hydrogens is 939 g/mol. The Labute approximate surface area is 416 Å². The first-order valence-corrected chi connectivity index (χ1v) is 29.8. The van der Waals surface area contributed by atoms with E-state index < -0.39 is 28.3 Å². The predicted octanol–water partition coefficient (Wildman–Crippen LogP) is 5.51. The van der Waals surface area contributed by atoms with Crippen LogP contribution in [-0.4, -0.2) is 9.55 Å². The number of halogens is 2. The summed E-state index contributed by atoms with van der Waals surface area (Å²) in [7, 11) is -5.66. The van der Waals surface area contributed by atoms with Crippen molar-refractivity contribution >= 4 is 90.9 Å². The van der Waals surface area contributed by atoms with Gasteiger partial charge < -0.3 is 24.8 Å². The van der Waals surface area contributed by atoms with Gasteiger partial charge in [0, 0.05) is 0 Å². The van der Waals surface area contributed by atoms with E-state index in [0.29, 0.717) is 0 Å². The highest BCUT2D eigenvalue weighted by molar-refractivity contribution is 8.57. The normalized spacial score (nSPS) is 13.8. The highest BCUT2D eigenvalue weighted by atomic mass is 35.5. The summed E-state index contributed by atoms with van der Waals surface area (Å²) in [5.41, 5.74) is 0. The van der Waals surface area contributed by atoms with Crippen molar-refractivity contribution in [2.24, 2.45) is 0 Å². The van der Waals surface area contributed by atoms with E-state index in [1.165, 1.54) is 53.0 Å². The standard InChI is InChI=1S/C62H50P4.2ClH/c1-11-31-51(32-12-1)63(52-33-13-2-14-34-52,53-35-15-3-16-36-53)61-65(57-43-23-7-24-44-57,58-45-25-8-26-46-58)62(66(61,59-47-27-9-28-48-59)60-49-29-10-30-50-60)64(54-37-17-4-18-38-54,55-39-19-5-20-40-55)56-41-21-6-22-42-56;;/h1-50H;2*1H/q+2;;/p-2. The zero-order valence-corrected chi connectivity index (χ0v) is 42.5. The van der Waals surface area contributed by atoms with Crippen LogP contribution in [0.4, 0.5) is 0 Å². The van der Waals surface area contributed by atoms with Gasteiger partial charge in [-0.2, -0.15) is 0 Å². The SMILES string of the molecule is [Cl-].[Cl-].c1ccc(P2(c3ccccc3)=C([P+](c3ccccc3)(c3ccccc3)c3ccccc3)P(c3ccccc3)(c3ccccc3)=C2[P+](c2ccccc2)(c2ccccc2)c2ccccc2)cc1. The summed E-state index contributed by atoms with van der Waals surface area (Å²) in [5.74, 6) is 0. The molecule has 1 aliphatic rings. The quantitative estimate of drug-likeness (QED) is 0.142. The van der Waals surface area contributed by atoms with Crippen molar-refractivity contribution in [3.63, 3.8) is 0 Å². The average Bonchev–Trinajstić information content (AvgIpc) is 3.42. The molecule has 0 saturated carbocycles. The maximum Gasteiger partial charge on any atom is 0.146 e. The van der Waals surface area contributed by atoms with Gasteiger partial charge in [-0.3, -0.25) is 0 Å². The fraction of sp³-hybridized carbons (Fsp3) is 0. The van der Waals surface area contributed by atoms with E-state index in [9.17, 15) is 0 Å². The van der Waals surface area contributed by atoms with Crippen LogP contribution < -0.4 is 77.9 Å². The van der Waals surface area contributed by atoms with Gasteiger partial charge >= 0.3 is 0 Å². The molecule has 0 N–H and O–H groups in total. The molecular formula is C62H50Cl2P4. The molecule has 1 heterocycles. The first-order valence-electron chi connectivity index (χ1n) is 22.7. The van der Waals surface area contributed by atoms with Crippen molar-refractivity contribution in [2.75, 3.05) is 0 Å². The molecule has 10 aromatic rings. The van der Waals surface area contributed by atoms with Crippen LogP contribution in [0.1, 0.15) is 0 Å². The van der Waals surface area contributed by atoms with Crippen LogP contribution in [0.15, 0.2) is 303 Å². The van der Waals surface area contributed by atoms with E-state index >= 15 is 0 Å². The second kappa shape index (κ2) is 20.5. The zero-order valence-electron chi connectivity index (χ0n) is 37.4. The second-order valence-corrected chi connectivity index (χ2v) is 32.0. The molecule has 0 nitrogen and oxygen atoms in total. The Morgan fingerprint density at radius 3 is 0.456 bits per heavy atom. The van der Waals surface area contributed by atoms with Crippen molar-refractivity contribution in [1.29, 1.82) is 0 Å². The molecule has 332 valence electrons. The van der Waals surface area contributed by atoms with Crippen LogP contribution in [-0.2, 0) is 0 Å². The van der Waals surface area contributed by atoms with Gasteiger partial charge in [-0.1, -0.05) is 231 Å². The average molecular weight is 990 g/mol. The summed E-state index contributed by atoms with van der Waals surface area (Å²) in [5, 5.41) is 13.9. The molecule has 0 radical (unpaired) electrons. The molecule has 0 fully saturated rings. The number of benzene rings is 10. The number of rotatable bonds is 12. The van der Waals surface area contributed by atoms with E-state index in [4.69, 9.17) is 0 Å². The van der Waals surface area contributed by atoms with Crippen LogP contribution in [0, 0.1) is 0 Å². The third-order valence-corrected chi connectivity index (χ3v) is 38.4. The summed E-state index contributed by atoms with van der Waals surface area (Å²) in [6, 6.07) is 117. The van der Waals surface area contributed by atoms with Gasteiger partial charge in [0.1, 0.15) is 55.9 Å². The molecule has 6 heteroatoms. The number of hydrogen-bond donors (Lipinski definition) is 0. The van der Waals surface area contributed by atoms with Crippen molar-refractivity contribution in [1.82, 2.24) is 0 Å². The minimum atomic E-state index is -2.90. The maximum atomic E-state index is 2.50. The largest absolute Gasteiger partial charge is 1.00 e. The zero-order chi connectivity index (χ0) is 44.3. The Morgan fingerprint density at radius 1 is 0.176 bits per heavy atom. The Morgan fingerprint density at radius 2 is 0.309 bits per heavy atom. The van der Waals surface area contributed by atoms with Gasteiger partial charge in [-0.15, -0.1) is 0 Å². The van der Waals surface area contributed by atoms with Gasteiger partial charge in [0.05, 0.1) is 13.8 Å². The van der Waals surface area contributed by atoms with Gasteiger partial charge in [-0.05, 0) is 94.0 Å². The lowest BCUT2D eigenvalue weighted by Gasteiger charge is -2.55. The fourth-order valence-corrected chi connectivity index (χ4v) is 46.6. The van der Waals surface area contributed by atoms with Crippen molar-refractivity contribution < 1.29 is 24.8 Å². The first-order chi connectivity index (χ1) is 32.8. The molecule has 0 saturated heterocycles. The van der Waals surface area contributed by atoms with E-state index in [-0.39, 0.29) is 24.8 Å². The van der Waals surface area contributed by atoms with E-state index in [1.807, 2.05) is 0 Å². The molecule has 11 rings (SSSR count). The molecule has 1 aliphatic heterocycles. The molecule has 10 aromatic carbocycles. The molecule has 0 aliphatic carbocycles. The van der Waals surface area contributed by atoms with Crippen LogP contribution in [0.5, 0.6) is 0 Å². The molecule has 0 amide bonds. The first kappa shape index (κ1) is 47.3. The van der Waals surface area contributed by atoms with Crippen LogP contribution in [0.25, 0.3) is 0 Å². The summed E-state index contributed by atoms with van der Waals surface area (Å²) in [6.07, 6.45) is 0. The third-order valence-electron chi connectivity index (χ3n) is 13.2. The maximum absolute atomic E-state index is 2.90. The second-order valence-electron chi connectivity index (χ2n) is 16.6. The molecule has 0 aromatic heterocycles. The minimum Gasteiger partial charge on any atom is -1.00 e. The van der Waals surface area contributed by atoms with Crippen molar-refractivity contribution in [2.45, 2.75) is 0 Å². The van der Waals surface area contributed by atoms with Crippen molar-refractivity contribution in [3.8, 4) is 0 Å². The lowest BCUT2D eigenvalue weighted by Crippen LogP contribution is -3.00. The Kier molecular flexibility index (Phi) is 14.2. The Bertz CT molecular complexity index is 2800. The summed E-state index contributed by atoms with van der Waals surface area (Å²) < 4.78 is 3.42. The Balaban J connectivity index is 0.00000289. The smallest absolute Gasteiger partial charge is 0.146 e. The molecule has 0 bridgehead atoms. The predicted molar refractivity (Wildman–Crippen MR) is 298 cm³/mol. The van der Waals surface area contributed by atoms with Gasteiger partial charge in [-0.25, -0.2) is 0 Å². The molecule has 0 atom stereocenters. The summed E-state index contributed by atoms with van der Waals surface area (Å²) in [4.78, 5) is 0. The third kappa shape index (κ3) is 7.29. The summed E-state index contributed by atoms with van der Waals surface area (Å²) >= 11 is 0. The van der Waals surface area contributed by atoms with E-state index in [2.05, 4.69) is 303 Å². The van der Waals surface area contributed by atoms with Gasteiger partial charge in [0.15, 0.2) is 0 Å². The molecule has 0 unspecified atom stereocenters. The lowest BCUT2D eigenvalue weighted by molar-refractivity contribution is -0.00100. The van der Waals surface area contributed by atoms with Crippen LogP contribution in [0.2, 0.25) is 0 Å². The molecule has 68 heavy (non-hydrogen) atoms. The van der Waals surface area contributed by atoms with Gasteiger partial charge in [0.2, 0.25) is 0 Å². The van der Waals surface area contributed by atoms with Crippen LogP contribution >= 0.6 is 28.3 Å². The van der Waals surface area contributed by atoms with Crippen molar-refractivity contribution in [3.05, 3.63) is 303 Å². The molecule has 0 spiro atoms. The van der Waals surface area contributed by atoms with E-state index in [1.54, 1.807) is 9.55 Å². The van der Waals surface area contributed by atoms with Crippen LogP contribution in [0.3, 0.4) is 0 Å². The minimum absolute atomic E-state index is 0. The highest BCUT2D eigenvalue weighted by Gasteiger charge is 2.74. The number of hydrogen-bond acceptors (Lipinski definition) is 0. The Hall–Kier alpha value is -5.76. The van der Waals surface area contributed by atoms with E-state index in [0.717, 1.165) is 0 Å². The fourth-order valence-electron chi connectivity index (χ4n) is 10.8. The topological polar surface area (TPSA) is 0 Å². The lowest BCUT2D eigenvalue weighted by atomic mass is 10.4.